The van der Waals surface area contributed by atoms with Crippen LogP contribution in [0.5, 0.6) is 0 Å². The molecule has 0 spiro atoms. The highest BCUT2D eigenvalue weighted by Crippen LogP contribution is 2.26. The molecule has 0 aliphatic carbocycles. The largest absolute Gasteiger partial charge is 0.381 e. The number of rotatable bonds is 9. The van der Waals surface area contributed by atoms with Crippen molar-refractivity contribution in [1.82, 2.24) is 4.90 Å². The maximum absolute atomic E-state index is 11.5. The molecule has 1 atom stereocenters. The number of sulfonamides is 1. The first kappa shape index (κ1) is 21.1. The second kappa shape index (κ2) is 9.62. The van der Waals surface area contributed by atoms with Gasteiger partial charge >= 0.3 is 0 Å². The fourth-order valence-electron chi connectivity index (χ4n) is 2.38. The molecule has 8 heteroatoms. The van der Waals surface area contributed by atoms with Gasteiger partial charge in [-0.2, -0.15) is 0 Å². The van der Waals surface area contributed by atoms with E-state index < -0.39 is 10.0 Å². The summed E-state index contributed by atoms with van der Waals surface area (Å²) in [6.07, 6.45) is 0.946. The summed E-state index contributed by atoms with van der Waals surface area (Å²) < 4.78 is 23.0. The van der Waals surface area contributed by atoms with Crippen LogP contribution in [0.15, 0.2) is 58.3 Å². The van der Waals surface area contributed by atoms with E-state index in [1.54, 1.807) is 23.9 Å². The zero-order valence-electron chi connectivity index (χ0n) is 14.9. The van der Waals surface area contributed by atoms with Gasteiger partial charge in [-0.3, -0.25) is 0 Å². The van der Waals surface area contributed by atoms with Crippen LogP contribution in [0.25, 0.3) is 0 Å². The van der Waals surface area contributed by atoms with Gasteiger partial charge in [0.25, 0.3) is 0 Å². The van der Waals surface area contributed by atoms with Gasteiger partial charge in [0, 0.05) is 22.4 Å². The summed E-state index contributed by atoms with van der Waals surface area (Å²) in [5.41, 5.74) is 0.778. The summed E-state index contributed by atoms with van der Waals surface area (Å²) in [6.45, 7) is 0.940. The van der Waals surface area contributed by atoms with Gasteiger partial charge in [0.1, 0.15) is 4.90 Å². The summed E-state index contributed by atoms with van der Waals surface area (Å²) in [7, 11) is 0.265. The van der Waals surface area contributed by atoms with Gasteiger partial charge in [-0.05, 0) is 57.4 Å². The lowest BCUT2D eigenvalue weighted by Gasteiger charge is -2.22. The van der Waals surface area contributed by atoms with E-state index in [9.17, 15) is 8.42 Å². The van der Waals surface area contributed by atoms with E-state index in [0.717, 1.165) is 24.4 Å². The van der Waals surface area contributed by atoms with Crippen LogP contribution in [0, 0.1) is 0 Å². The Morgan fingerprint density at radius 1 is 1.19 bits per heavy atom. The third-order valence-electron chi connectivity index (χ3n) is 3.73. The number of halogens is 1. The molecule has 5 nitrogen and oxygen atoms in total. The summed E-state index contributed by atoms with van der Waals surface area (Å²) >= 11 is 7.87. The Morgan fingerprint density at radius 2 is 1.88 bits per heavy atom. The van der Waals surface area contributed by atoms with Crippen molar-refractivity contribution >= 4 is 39.1 Å². The molecular weight excluding hydrogens is 390 g/mol. The molecule has 0 bridgehead atoms. The summed E-state index contributed by atoms with van der Waals surface area (Å²) in [5, 5.41) is 8.74. The summed E-state index contributed by atoms with van der Waals surface area (Å²) in [4.78, 5) is 3.29. The van der Waals surface area contributed by atoms with Crippen LogP contribution in [-0.4, -0.2) is 45.8 Å². The molecule has 0 saturated heterocycles. The number of nitrogens with zero attached hydrogens (tertiary/aromatic N) is 1. The van der Waals surface area contributed by atoms with Crippen molar-refractivity contribution in [3.8, 4) is 0 Å². The minimum atomic E-state index is -3.82. The Kier molecular flexibility index (Phi) is 7.79. The maximum Gasteiger partial charge on any atom is 0.239 e. The Balaban J connectivity index is 2.08. The second-order valence-electron chi connectivity index (χ2n) is 6.25. The van der Waals surface area contributed by atoms with Gasteiger partial charge in [-0.15, -0.1) is 11.8 Å². The van der Waals surface area contributed by atoms with Crippen LogP contribution in [0.3, 0.4) is 0 Å². The number of nitrogens with two attached hydrogens (primary N) is 1. The van der Waals surface area contributed by atoms with E-state index in [1.807, 2.05) is 32.3 Å². The minimum absolute atomic E-state index is 0.0618. The number of anilines is 1. The molecule has 2 aromatic carbocycles. The van der Waals surface area contributed by atoms with Crippen LogP contribution in [0.2, 0.25) is 5.02 Å². The fraction of sp³-hybridized carbons (Fsp3) is 0.333. The predicted molar refractivity (Wildman–Crippen MR) is 111 cm³/mol. The summed E-state index contributed by atoms with van der Waals surface area (Å²) in [5.74, 6) is 0.881. The molecule has 0 aromatic heterocycles. The van der Waals surface area contributed by atoms with Gasteiger partial charge in [-0.25, -0.2) is 13.6 Å². The molecule has 0 radical (unpaired) electrons. The number of hydrogen-bond donors (Lipinski definition) is 2. The van der Waals surface area contributed by atoms with E-state index in [-0.39, 0.29) is 16.0 Å². The lowest BCUT2D eigenvalue weighted by Crippen LogP contribution is -2.27. The lowest BCUT2D eigenvalue weighted by molar-refractivity contribution is 0.391. The number of nitrogens with one attached hydrogen (secondary N) is 1. The van der Waals surface area contributed by atoms with Crippen LogP contribution >= 0.6 is 23.4 Å². The molecule has 142 valence electrons. The highest BCUT2D eigenvalue weighted by molar-refractivity contribution is 7.99. The normalized spacial score (nSPS) is 13.0. The number of thioether (sulfide) groups is 1. The van der Waals surface area contributed by atoms with E-state index in [4.69, 9.17) is 16.7 Å². The van der Waals surface area contributed by atoms with Crippen LogP contribution < -0.4 is 10.5 Å². The quantitative estimate of drug-likeness (QED) is 0.615. The minimum Gasteiger partial charge on any atom is -0.381 e. The third kappa shape index (κ3) is 6.81. The average molecular weight is 414 g/mol. The summed E-state index contributed by atoms with van der Waals surface area (Å²) in [6, 6.07) is 15.2. The van der Waals surface area contributed by atoms with Gasteiger partial charge in [0.2, 0.25) is 10.0 Å². The molecule has 3 N–H and O–H groups in total. The monoisotopic (exact) mass is 413 g/mol. The first-order valence-electron chi connectivity index (χ1n) is 8.17. The molecule has 0 aliphatic heterocycles. The fourth-order valence-corrected chi connectivity index (χ4v) is 4.47. The van der Waals surface area contributed by atoms with E-state index >= 15 is 0 Å². The standard InChI is InChI=1S/C18H24ClN3O2S2/c1-22(2)11-10-15(13-25-16-6-4-3-5-7-16)21-14-8-9-18(17(19)12-14)26(20,23)24/h3-9,12,15,21H,10-11,13H2,1-2H3,(H2,20,23,24)/t15-/m1/s1. The molecular formula is C18H24ClN3O2S2. The number of primary sulfonamides is 1. The highest BCUT2D eigenvalue weighted by atomic mass is 35.5. The maximum atomic E-state index is 11.5. The Hall–Kier alpha value is -1.25. The Morgan fingerprint density at radius 3 is 2.46 bits per heavy atom. The van der Waals surface area contributed by atoms with Crippen molar-refractivity contribution in [2.45, 2.75) is 22.3 Å². The molecule has 0 unspecified atom stereocenters. The Bertz CT molecular complexity index is 814. The van der Waals surface area contributed by atoms with Gasteiger partial charge in [0.05, 0.1) is 5.02 Å². The molecule has 0 aliphatic rings. The molecule has 0 amide bonds. The van der Waals surface area contributed by atoms with Crippen molar-refractivity contribution in [3.63, 3.8) is 0 Å². The van der Waals surface area contributed by atoms with Crippen LogP contribution in [0.1, 0.15) is 6.42 Å². The first-order valence-corrected chi connectivity index (χ1v) is 11.1. The molecule has 2 rings (SSSR count). The Labute approximate surface area is 165 Å². The van der Waals surface area contributed by atoms with E-state index in [2.05, 4.69) is 22.3 Å². The van der Waals surface area contributed by atoms with Gasteiger partial charge in [-0.1, -0.05) is 29.8 Å². The van der Waals surface area contributed by atoms with Crippen molar-refractivity contribution in [3.05, 3.63) is 53.6 Å². The predicted octanol–water partition coefficient (Wildman–Crippen LogP) is 3.51. The van der Waals surface area contributed by atoms with Crippen LogP contribution in [-0.2, 0) is 10.0 Å². The smallest absolute Gasteiger partial charge is 0.239 e. The van der Waals surface area contributed by atoms with Gasteiger partial charge in [0.15, 0.2) is 0 Å². The topological polar surface area (TPSA) is 75.4 Å². The zero-order chi connectivity index (χ0) is 19.2. The lowest BCUT2D eigenvalue weighted by atomic mass is 10.2. The van der Waals surface area contributed by atoms with Crippen molar-refractivity contribution in [2.24, 2.45) is 5.14 Å². The van der Waals surface area contributed by atoms with E-state index in [1.165, 1.54) is 11.0 Å². The SMILES string of the molecule is CN(C)CC[C@H](CSc1ccccc1)Nc1ccc(S(N)(=O)=O)c(Cl)c1. The average Bonchev–Trinajstić information content (AvgIpc) is 2.57. The van der Waals surface area contributed by atoms with Gasteiger partial charge < -0.3 is 10.2 Å². The van der Waals surface area contributed by atoms with Crippen LogP contribution in [0.4, 0.5) is 5.69 Å². The second-order valence-corrected chi connectivity index (χ2v) is 9.28. The third-order valence-corrected chi connectivity index (χ3v) is 6.30. The zero-order valence-corrected chi connectivity index (χ0v) is 17.2. The van der Waals surface area contributed by atoms with Crippen molar-refractivity contribution in [1.29, 1.82) is 0 Å². The molecule has 26 heavy (non-hydrogen) atoms. The van der Waals surface area contributed by atoms with Crippen molar-refractivity contribution in [2.75, 3.05) is 31.7 Å². The molecule has 2 aromatic rings. The molecule has 0 heterocycles. The number of benzene rings is 2. The number of hydrogen-bond acceptors (Lipinski definition) is 5. The first-order chi connectivity index (χ1) is 12.3. The molecule has 0 saturated carbocycles. The van der Waals surface area contributed by atoms with E-state index in [0.29, 0.717) is 0 Å². The highest BCUT2D eigenvalue weighted by Gasteiger charge is 2.15. The molecule has 0 fully saturated rings. The van der Waals surface area contributed by atoms with Crippen molar-refractivity contribution < 1.29 is 8.42 Å².